The van der Waals surface area contributed by atoms with Gasteiger partial charge in [0.05, 0.1) is 0 Å². The molecule has 0 saturated carbocycles. The summed E-state index contributed by atoms with van der Waals surface area (Å²) in [5.41, 5.74) is 3.03. The van der Waals surface area contributed by atoms with Gasteiger partial charge in [0.15, 0.2) is 0 Å². The van der Waals surface area contributed by atoms with Crippen LogP contribution in [0.5, 0.6) is 0 Å². The number of hydrogen-bond acceptors (Lipinski definition) is 4. The zero-order valence-electron chi connectivity index (χ0n) is 12.1. The minimum absolute atomic E-state index is 0.331. The summed E-state index contributed by atoms with van der Waals surface area (Å²) in [6.07, 6.45) is 1.27. The summed E-state index contributed by atoms with van der Waals surface area (Å²) in [6, 6.07) is 14.8. The number of carbonyl (C=O) groups is 2. The summed E-state index contributed by atoms with van der Waals surface area (Å²) in [6.45, 7) is 0.331. The molecule has 22 heavy (non-hydrogen) atoms. The fourth-order valence-electron chi connectivity index (χ4n) is 2.39. The van der Waals surface area contributed by atoms with E-state index in [-0.39, 0.29) is 0 Å². The van der Waals surface area contributed by atoms with Crippen molar-refractivity contribution in [3.8, 4) is 0 Å². The van der Waals surface area contributed by atoms with Gasteiger partial charge in [0.25, 0.3) is 0 Å². The molecular weight excluding hydrogens is 278 g/mol. The Morgan fingerprint density at radius 2 is 1.77 bits per heavy atom. The van der Waals surface area contributed by atoms with E-state index in [1.165, 1.54) is 6.08 Å². The molecule has 0 fully saturated rings. The Kier molecular flexibility index (Phi) is 3.74. The number of ether oxygens (including phenoxy) is 1. The standard InChI is InChI=1S/C18H15NO3/c1-19-13-6-4-5-12(9-13)11-22-17-10-16(20)18(21)15-8-3-2-7-14(15)17/h2-10,19H,11H2,1H3. The van der Waals surface area contributed by atoms with Crippen molar-refractivity contribution in [2.45, 2.75) is 6.61 Å². The van der Waals surface area contributed by atoms with Gasteiger partial charge >= 0.3 is 0 Å². The van der Waals surface area contributed by atoms with E-state index in [1.807, 2.05) is 37.4 Å². The van der Waals surface area contributed by atoms with Crippen molar-refractivity contribution in [1.82, 2.24) is 0 Å². The highest BCUT2D eigenvalue weighted by molar-refractivity contribution is 6.50. The van der Waals surface area contributed by atoms with Crippen molar-refractivity contribution in [2.24, 2.45) is 0 Å². The number of rotatable bonds is 4. The lowest BCUT2D eigenvalue weighted by Crippen LogP contribution is -2.19. The quantitative estimate of drug-likeness (QED) is 0.880. The Morgan fingerprint density at radius 1 is 1.00 bits per heavy atom. The Hall–Kier alpha value is -2.88. The van der Waals surface area contributed by atoms with E-state index >= 15 is 0 Å². The first-order valence-corrected chi connectivity index (χ1v) is 6.98. The molecule has 0 heterocycles. The van der Waals surface area contributed by atoms with Gasteiger partial charge in [-0.3, -0.25) is 9.59 Å². The monoisotopic (exact) mass is 293 g/mol. The van der Waals surface area contributed by atoms with E-state index in [0.717, 1.165) is 11.3 Å². The van der Waals surface area contributed by atoms with Crippen LogP contribution in [0.2, 0.25) is 0 Å². The maximum absolute atomic E-state index is 11.9. The fraction of sp³-hybridized carbons (Fsp3) is 0.111. The van der Waals surface area contributed by atoms with E-state index in [0.29, 0.717) is 23.5 Å². The van der Waals surface area contributed by atoms with Gasteiger partial charge in [0.1, 0.15) is 12.4 Å². The van der Waals surface area contributed by atoms with Crippen LogP contribution in [-0.4, -0.2) is 18.6 Å². The predicted octanol–water partition coefficient (Wildman–Crippen LogP) is 3.05. The summed E-state index contributed by atoms with van der Waals surface area (Å²) >= 11 is 0. The molecule has 0 aliphatic heterocycles. The lowest BCUT2D eigenvalue weighted by atomic mass is 9.94. The van der Waals surface area contributed by atoms with Gasteiger partial charge in [-0.15, -0.1) is 0 Å². The normalized spacial score (nSPS) is 13.4. The maximum Gasteiger partial charge on any atom is 0.233 e. The molecule has 2 aromatic rings. The third-order valence-corrected chi connectivity index (χ3v) is 3.53. The summed E-state index contributed by atoms with van der Waals surface area (Å²) in [4.78, 5) is 23.6. The molecule has 0 amide bonds. The molecule has 1 N–H and O–H groups in total. The Morgan fingerprint density at radius 3 is 2.55 bits per heavy atom. The molecule has 4 heteroatoms. The zero-order chi connectivity index (χ0) is 15.5. The van der Waals surface area contributed by atoms with E-state index in [1.54, 1.807) is 18.2 Å². The predicted molar refractivity (Wildman–Crippen MR) is 84.5 cm³/mol. The number of anilines is 1. The summed E-state index contributed by atoms with van der Waals surface area (Å²) in [5, 5.41) is 3.06. The van der Waals surface area contributed by atoms with Crippen LogP contribution in [0.15, 0.2) is 54.6 Å². The van der Waals surface area contributed by atoms with Gasteiger partial charge in [-0.25, -0.2) is 0 Å². The van der Waals surface area contributed by atoms with Gasteiger partial charge in [-0.2, -0.15) is 0 Å². The molecule has 1 aliphatic carbocycles. The van der Waals surface area contributed by atoms with Crippen LogP contribution in [-0.2, 0) is 16.1 Å². The highest BCUT2D eigenvalue weighted by Gasteiger charge is 2.26. The third-order valence-electron chi connectivity index (χ3n) is 3.53. The minimum atomic E-state index is -0.544. The summed E-state index contributed by atoms with van der Waals surface area (Å²) < 4.78 is 5.77. The zero-order valence-corrected chi connectivity index (χ0v) is 12.1. The van der Waals surface area contributed by atoms with Crippen molar-refractivity contribution in [2.75, 3.05) is 12.4 Å². The molecule has 0 spiro atoms. The van der Waals surface area contributed by atoms with Gasteiger partial charge in [-0.1, -0.05) is 36.4 Å². The molecular formula is C18H15NO3. The van der Waals surface area contributed by atoms with E-state index in [9.17, 15) is 9.59 Å². The van der Waals surface area contributed by atoms with Crippen LogP contribution in [0.3, 0.4) is 0 Å². The number of carbonyl (C=O) groups excluding carboxylic acids is 2. The first-order valence-electron chi connectivity index (χ1n) is 6.98. The first-order chi connectivity index (χ1) is 10.7. The second kappa shape index (κ2) is 5.85. The largest absolute Gasteiger partial charge is 0.488 e. The van der Waals surface area contributed by atoms with Gasteiger partial charge in [0.2, 0.25) is 11.6 Å². The first kappa shape index (κ1) is 14.1. The molecule has 0 saturated heterocycles. The van der Waals surface area contributed by atoms with E-state index in [4.69, 9.17) is 4.74 Å². The second-order valence-electron chi connectivity index (χ2n) is 4.99. The topological polar surface area (TPSA) is 55.4 Å². The van der Waals surface area contributed by atoms with Crippen molar-refractivity contribution < 1.29 is 14.3 Å². The Labute approximate surface area is 128 Å². The van der Waals surface area contributed by atoms with Crippen molar-refractivity contribution in [1.29, 1.82) is 0 Å². The van der Waals surface area contributed by atoms with Gasteiger partial charge in [0, 0.05) is 29.9 Å². The average Bonchev–Trinajstić information content (AvgIpc) is 2.57. The second-order valence-corrected chi connectivity index (χ2v) is 4.99. The number of allylic oxidation sites excluding steroid dienone is 1. The molecule has 0 bridgehead atoms. The lowest BCUT2D eigenvalue weighted by Gasteiger charge is -2.17. The molecule has 2 aromatic carbocycles. The molecule has 4 nitrogen and oxygen atoms in total. The van der Waals surface area contributed by atoms with Crippen molar-refractivity contribution in [3.05, 3.63) is 71.3 Å². The number of hydrogen-bond donors (Lipinski definition) is 1. The third kappa shape index (κ3) is 2.63. The molecule has 0 atom stereocenters. The Balaban J connectivity index is 1.84. The maximum atomic E-state index is 11.9. The molecule has 110 valence electrons. The minimum Gasteiger partial charge on any atom is -0.488 e. The average molecular weight is 293 g/mol. The van der Waals surface area contributed by atoms with Crippen LogP contribution in [0.4, 0.5) is 5.69 Å². The number of ketones is 2. The molecule has 3 rings (SSSR count). The van der Waals surface area contributed by atoms with Crippen molar-refractivity contribution in [3.63, 3.8) is 0 Å². The highest BCUT2D eigenvalue weighted by Crippen LogP contribution is 2.26. The van der Waals surface area contributed by atoms with Crippen LogP contribution < -0.4 is 5.32 Å². The fourth-order valence-corrected chi connectivity index (χ4v) is 2.39. The molecule has 1 aliphatic rings. The number of nitrogens with one attached hydrogen (secondary N) is 1. The van der Waals surface area contributed by atoms with Crippen LogP contribution >= 0.6 is 0 Å². The van der Waals surface area contributed by atoms with Crippen LogP contribution in [0, 0.1) is 0 Å². The lowest BCUT2D eigenvalue weighted by molar-refractivity contribution is -0.111. The SMILES string of the molecule is CNc1cccc(COC2=CC(=O)C(=O)c3ccccc32)c1. The molecule has 0 unspecified atom stereocenters. The van der Waals surface area contributed by atoms with Gasteiger partial charge < -0.3 is 10.1 Å². The summed E-state index contributed by atoms with van der Waals surface area (Å²) in [5.74, 6) is -0.590. The van der Waals surface area contributed by atoms with E-state index < -0.39 is 11.6 Å². The van der Waals surface area contributed by atoms with Gasteiger partial charge in [-0.05, 0) is 17.7 Å². The van der Waals surface area contributed by atoms with Crippen LogP contribution in [0.25, 0.3) is 5.76 Å². The highest BCUT2D eigenvalue weighted by atomic mass is 16.5. The molecule has 0 radical (unpaired) electrons. The van der Waals surface area contributed by atoms with Crippen LogP contribution in [0.1, 0.15) is 21.5 Å². The molecule has 0 aromatic heterocycles. The smallest absolute Gasteiger partial charge is 0.233 e. The number of benzene rings is 2. The number of Topliss-reactive ketones (excluding diaryl/α,β-unsaturated/α-hetero) is 1. The van der Waals surface area contributed by atoms with E-state index in [2.05, 4.69) is 5.32 Å². The number of fused-ring (bicyclic) bond motifs is 1. The van der Waals surface area contributed by atoms with Crippen molar-refractivity contribution >= 4 is 23.0 Å². The Bertz CT molecular complexity index is 777. The summed E-state index contributed by atoms with van der Waals surface area (Å²) in [7, 11) is 1.85.